The Morgan fingerprint density at radius 1 is 1.35 bits per heavy atom. The fraction of sp³-hybridized carbons (Fsp3) is 0.333. The number of hydrogen-bond acceptors (Lipinski definition) is 4. The first kappa shape index (κ1) is 15.5. The van der Waals surface area contributed by atoms with Crippen molar-refractivity contribution in [1.29, 1.82) is 0 Å². The number of aromatic nitrogens is 1. The Bertz CT molecular complexity index is 660. The van der Waals surface area contributed by atoms with Gasteiger partial charge < -0.3 is 14.8 Å². The summed E-state index contributed by atoms with van der Waals surface area (Å²) in [5.74, 6) is 0.596. The van der Waals surface area contributed by atoms with Gasteiger partial charge in [-0.1, -0.05) is 12.1 Å². The van der Waals surface area contributed by atoms with Gasteiger partial charge in [-0.05, 0) is 42.7 Å². The Balaban J connectivity index is 1.64. The van der Waals surface area contributed by atoms with Crippen molar-refractivity contribution in [2.24, 2.45) is 0 Å². The number of hydrogen-bond donors (Lipinski definition) is 1. The van der Waals surface area contributed by atoms with E-state index in [1.165, 1.54) is 0 Å². The molecule has 1 amide bonds. The largest absolute Gasteiger partial charge is 0.497 e. The Labute approximate surface area is 135 Å². The van der Waals surface area contributed by atoms with E-state index >= 15 is 0 Å². The fourth-order valence-corrected chi connectivity index (χ4v) is 2.76. The van der Waals surface area contributed by atoms with Gasteiger partial charge in [0.25, 0.3) is 5.91 Å². The van der Waals surface area contributed by atoms with Crippen LogP contribution in [-0.4, -0.2) is 30.6 Å². The first-order valence-electron chi connectivity index (χ1n) is 7.72. The molecule has 1 N–H and O–H groups in total. The molecule has 1 aromatic carbocycles. The molecular formula is C18H20N2O3. The number of carbonyl (C=O) groups excluding carboxylic acids is 1. The average Bonchev–Trinajstić information content (AvgIpc) is 2.63. The molecule has 0 radical (unpaired) electrons. The van der Waals surface area contributed by atoms with Gasteiger partial charge in [0.15, 0.2) is 0 Å². The third kappa shape index (κ3) is 3.87. The summed E-state index contributed by atoms with van der Waals surface area (Å²) in [6.07, 6.45) is 5.10. The molecule has 3 rings (SSSR count). The van der Waals surface area contributed by atoms with Crippen molar-refractivity contribution < 1.29 is 14.3 Å². The molecule has 0 spiro atoms. The van der Waals surface area contributed by atoms with Gasteiger partial charge in [0.05, 0.1) is 13.2 Å². The van der Waals surface area contributed by atoms with Crippen molar-refractivity contribution in [3.63, 3.8) is 0 Å². The number of amides is 1. The summed E-state index contributed by atoms with van der Waals surface area (Å²) in [4.78, 5) is 16.5. The van der Waals surface area contributed by atoms with E-state index in [1.54, 1.807) is 25.4 Å². The minimum Gasteiger partial charge on any atom is -0.497 e. The molecule has 5 heteroatoms. The van der Waals surface area contributed by atoms with Crippen molar-refractivity contribution >= 4 is 5.91 Å². The van der Waals surface area contributed by atoms with E-state index in [9.17, 15) is 4.79 Å². The molecule has 2 aromatic rings. The quantitative estimate of drug-likeness (QED) is 0.943. The number of rotatable bonds is 4. The van der Waals surface area contributed by atoms with E-state index < -0.39 is 0 Å². The highest BCUT2D eigenvalue weighted by molar-refractivity contribution is 5.94. The molecule has 23 heavy (non-hydrogen) atoms. The summed E-state index contributed by atoms with van der Waals surface area (Å²) in [5.41, 5.74) is 1.65. The molecule has 5 nitrogen and oxygen atoms in total. The van der Waals surface area contributed by atoms with Crippen LogP contribution in [0.3, 0.4) is 0 Å². The number of methoxy groups -OCH3 is 1. The number of pyridine rings is 1. The lowest BCUT2D eigenvalue weighted by Crippen LogP contribution is -2.39. The SMILES string of the molecule is COc1cccc(C(=O)N[C@@H]2CCO[C@@H](c3cccnc3)C2)c1. The molecule has 1 aliphatic rings. The van der Waals surface area contributed by atoms with E-state index in [0.29, 0.717) is 17.9 Å². The topological polar surface area (TPSA) is 60.5 Å². The minimum absolute atomic E-state index is 0.0203. The molecule has 120 valence electrons. The maximum Gasteiger partial charge on any atom is 0.251 e. The lowest BCUT2D eigenvalue weighted by molar-refractivity contribution is 0.000723. The monoisotopic (exact) mass is 312 g/mol. The van der Waals surface area contributed by atoms with Gasteiger partial charge in [-0.3, -0.25) is 9.78 Å². The molecular weight excluding hydrogens is 292 g/mol. The molecule has 0 saturated carbocycles. The smallest absolute Gasteiger partial charge is 0.251 e. The van der Waals surface area contributed by atoms with E-state index in [-0.39, 0.29) is 18.1 Å². The Hall–Kier alpha value is -2.40. The summed E-state index contributed by atoms with van der Waals surface area (Å²) in [6.45, 7) is 0.628. The first-order valence-corrected chi connectivity index (χ1v) is 7.72. The predicted molar refractivity (Wildman–Crippen MR) is 86.4 cm³/mol. The second-order valence-electron chi connectivity index (χ2n) is 5.57. The van der Waals surface area contributed by atoms with Crippen molar-refractivity contribution in [3.05, 3.63) is 59.9 Å². The lowest BCUT2D eigenvalue weighted by atomic mass is 9.98. The van der Waals surface area contributed by atoms with Gasteiger partial charge in [0.1, 0.15) is 5.75 Å². The summed E-state index contributed by atoms with van der Waals surface area (Å²) in [6, 6.07) is 11.2. The second-order valence-corrected chi connectivity index (χ2v) is 5.57. The molecule has 2 heterocycles. The van der Waals surface area contributed by atoms with Crippen LogP contribution in [0.1, 0.15) is 34.9 Å². The third-order valence-corrected chi connectivity index (χ3v) is 4.01. The van der Waals surface area contributed by atoms with Gasteiger partial charge in [0, 0.05) is 30.6 Å². The highest BCUT2D eigenvalue weighted by Crippen LogP contribution is 2.27. The van der Waals surface area contributed by atoms with Gasteiger partial charge >= 0.3 is 0 Å². The van der Waals surface area contributed by atoms with Gasteiger partial charge in [-0.2, -0.15) is 0 Å². The van der Waals surface area contributed by atoms with Crippen molar-refractivity contribution in [3.8, 4) is 5.75 Å². The Morgan fingerprint density at radius 2 is 2.26 bits per heavy atom. The first-order chi connectivity index (χ1) is 11.3. The minimum atomic E-state index is -0.0827. The van der Waals surface area contributed by atoms with Crippen LogP contribution >= 0.6 is 0 Å². The number of benzene rings is 1. The number of ether oxygens (including phenoxy) is 2. The zero-order valence-electron chi connectivity index (χ0n) is 13.1. The summed E-state index contributed by atoms with van der Waals surface area (Å²) in [7, 11) is 1.59. The number of nitrogens with zero attached hydrogens (tertiary/aromatic N) is 1. The Kier molecular flexibility index (Phi) is 4.88. The number of nitrogens with one attached hydrogen (secondary N) is 1. The molecule has 0 bridgehead atoms. The zero-order valence-corrected chi connectivity index (χ0v) is 13.1. The van der Waals surface area contributed by atoms with Crippen LogP contribution in [0.4, 0.5) is 0 Å². The lowest BCUT2D eigenvalue weighted by Gasteiger charge is -2.30. The van der Waals surface area contributed by atoms with E-state index in [2.05, 4.69) is 10.3 Å². The highest BCUT2D eigenvalue weighted by Gasteiger charge is 2.25. The van der Waals surface area contributed by atoms with Crippen LogP contribution in [0.15, 0.2) is 48.8 Å². The fourth-order valence-electron chi connectivity index (χ4n) is 2.76. The Morgan fingerprint density at radius 3 is 3.04 bits per heavy atom. The van der Waals surface area contributed by atoms with Crippen LogP contribution < -0.4 is 10.1 Å². The number of carbonyl (C=O) groups is 1. The van der Waals surface area contributed by atoms with Crippen molar-refractivity contribution in [2.75, 3.05) is 13.7 Å². The maximum absolute atomic E-state index is 12.4. The van der Waals surface area contributed by atoms with Crippen LogP contribution in [0.2, 0.25) is 0 Å². The van der Waals surface area contributed by atoms with E-state index in [1.807, 2.05) is 30.5 Å². The van der Waals surface area contributed by atoms with Crippen LogP contribution in [0, 0.1) is 0 Å². The molecule has 0 unspecified atom stereocenters. The maximum atomic E-state index is 12.4. The van der Waals surface area contributed by atoms with Crippen LogP contribution in [0.25, 0.3) is 0 Å². The average molecular weight is 312 g/mol. The second kappa shape index (κ2) is 7.24. The summed E-state index contributed by atoms with van der Waals surface area (Å²) < 4.78 is 11.0. The molecule has 1 fully saturated rings. The van der Waals surface area contributed by atoms with E-state index in [0.717, 1.165) is 18.4 Å². The summed E-state index contributed by atoms with van der Waals surface area (Å²) >= 11 is 0. The van der Waals surface area contributed by atoms with Crippen LogP contribution in [0.5, 0.6) is 5.75 Å². The van der Waals surface area contributed by atoms with Crippen molar-refractivity contribution in [1.82, 2.24) is 10.3 Å². The standard InChI is InChI=1S/C18H20N2O3/c1-22-16-6-2-4-13(10-16)18(21)20-15-7-9-23-17(11-15)14-5-3-8-19-12-14/h2-6,8,10,12,15,17H,7,9,11H2,1H3,(H,20,21)/t15-,17-/m1/s1. The molecule has 2 atom stereocenters. The molecule has 1 aliphatic heterocycles. The van der Waals surface area contributed by atoms with Gasteiger partial charge in [-0.15, -0.1) is 0 Å². The highest BCUT2D eigenvalue weighted by atomic mass is 16.5. The predicted octanol–water partition coefficient (Wildman–Crippen LogP) is 2.74. The molecule has 0 aliphatic carbocycles. The molecule has 1 saturated heterocycles. The van der Waals surface area contributed by atoms with E-state index in [4.69, 9.17) is 9.47 Å². The van der Waals surface area contributed by atoms with Crippen LogP contribution in [-0.2, 0) is 4.74 Å². The van der Waals surface area contributed by atoms with Gasteiger partial charge in [0.2, 0.25) is 0 Å². The molecule has 1 aromatic heterocycles. The zero-order chi connectivity index (χ0) is 16.1. The van der Waals surface area contributed by atoms with Crippen molar-refractivity contribution in [2.45, 2.75) is 25.0 Å². The summed E-state index contributed by atoms with van der Waals surface area (Å²) in [5, 5.41) is 3.09. The van der Waals surface area contributed by atoms with Gasteiger partial charge in [-0.25, -0.2) is 0 Å². The normalized spacial score (nSPS) is 20.7. The third-order valence-electron chi connectivity index (χ3n) is 4.01.